The van der Waals surface area contributed by atoms with Gasteiger partial charge in [-0.2, -0.15) is 0 Å². The zero-order valence-electron chi connectivity index (χ0n) is 13.5. The van der Waals surface area contributed by atoms with Gasteiger partial charge in [-0.25, -0.2) is 0 Å². The fourth-order valence-corrected chi connectivity index (χ4v) is 3.53. The van der Waals surface area contributed by atoms with Gasteiger partial charge in [-0.05, 0) is 51.2 Å². The molecule has 3 nitrogen and oxygen atoms in total. The molecule has 1 saturated carbocycles. The summed E-state index contributed by atoms with van der Waals surface area (Å²) in [6.07, 6.45) is 3.84. The van der Waals surface area contributed by atoms with Crippen molar-refractivity contribution in [1.82, 2.24) is 10.2 Å². The van der Waals surface area contributed by atoms with Crippen molar-refractivity contribution in [2.24, 2.45) is 5.92 Å². The van der Waals surface area contributed by atoms with Crippen LogP contribution >= 0.6 is 0 Å². The molecule has 3 heteroatoms. The molecule has 0 spiro atoms. The Morgan fingerprint density at radius 1 is 1.33 bits per heavy atom. The molecule has 1 amide bonds. The summed E-state index contributed by atoms with van der Waals surface area (Å²) >= 11 is 0. The third kappa shape index (κ3) is 2.84. The van der Waals surface area contributed by atoms with E-state index in [1.807, 2.05) is 6.92 Å². The number of hydrogen-bond acceptors (Lipinski definition) is 2. The van der Waals surface area contributed by atoms with Crippen LogP contribution in [0.2, 0.25) is 0 Å². The quantitative estimate of drug-likeness (QED) is 0.921. The van der Waals surface area contributed by atoms with Crippen molar-refractivity contribution in [2.75, 3.05) is 0 Å². The maximum atomic E-state index is 12.6. The van der Waals surface area contributed by atoms with Crippen LogP contribution in [0.15, 0.2) is 18.2 Å². The molecule has 1 N–H and O–H groups in total. The number of benzene rings is 1. The first-order valence-corrected chi connectivity index (χ1v) is 8.12. The van der Waals surface area contributed by atoms with Crippen LogP contribution in [0, 0.1) is 19.8 Å². The van der Waals surface area contributed by atoms with Gasteiger partial charge in [-0.3, -0.25) is 10.1 Å². The van der Waals surface area contributed by atoms with Crippen LogP contribution in [0.3, 0.4) is 0 Å². The summed E-state index contributed by atoms with van der Waals surface area (Å²) in [6.45, 7) is 8.43. The lowest BCUT2D eigenvalue weighted by Gasteiger charge is -2.31. The molecule has 21 heavy (non-hydrogen) atoms. The number of nitrogens with one attached hydrogen (secondary N) is 1. The first kappa shape index (κ1) is 14.6. The maximum Gasteiger partial charge on any atom is 0.241 e. The van der Waals surface area contributed by atoms with Gasteiger partial charge in [0.15, 0.2) is 0 Å². The molecule has 1 aromatic carbocycles. The molecular formula is C18H26N2O. The number of carbonyl (C=O) groups excluding carboxylic acids is 1. The van der Waals surface area contributed by atoms with E-state index in [0.717, 1.165) is 12.3 Å². The van der Waals surface area contributed by atoms with Crippen LogP contribution in [0.25, 0.3) is 0 Å². The largest absolute Gasteiger partial charge is 0.319 e. The van der Waals surface area contributed by atoms with Crippen molar-refractivity contribution in [3.8, 4) is 0 Å². The van der Waals surface area contributed by atoms with E-state index >= 15 is 0 Å². The van der Waals surface area contributed by atoms with Gasteiger partial charge in [0, 0.05) is 6.04 Å². The van der Waals surface area contributed by atoms with Gasteiger partial charge >= 0.3 is 0 Å². The maximum absolute atomic E-state index is 12.6. The number of nitrogens with zero attached hydrogens (tertiary/aromatic N) is 1. The third-order valence-corrected chi connectivity index (χ3v) is 4.88. The monoisotopic (exact) mass is 286 g/mol. The summed E-state index contributed by atoms with van der Waals surface area (Å²) in [5, 5.41) is 3.48. The molecule has 3 rings (SSSR count). The molecule has 1 saturated heterocycles. The van der Waals surface area contributed by atoms with Gasteiger partial charge in [0.25, 0.3) is 0 Å². The van der Waals surface area contributed by atoms with E-state index in [0.29, 0.717) is 6.04 Å². The minimum absolute atomic E-state index is 0.0295. The zero-order chi connectivity index (χ0) is 15.1. The van der Waals surface area contributed by atoms with E-state index in [1.165, 1.54) is 29.5 Å². The summed E-state index contributed by atoms with van der Waals surface area (Å²) < 4.78 is 0. The van der Waals surface area contributed by atoms with Crippen LogP contribution in [-0.2, 0) is 4.79 Å². The predicted molar refractivity (Wildman–Crippen MR) is 84.9 cm³/mol. The van der Waals surface area contributed by atoms with Gasteiger partial charge in [0.1, 0.15) is 6.17 Å². The first-order chi connectivity index (χ1) is 9.97. The summed E-state index contributed by atoms with van der Waals surface area (Å²) in [7, 11) is 0. The fourth-order valence-electron chi connectivity index (χ4n) is 3.53. The molecule has 0 bridgehead atoms. The van der Waals surface area contributed by atoms with Crippen LogP contribution in [0.5, 0.6) is 0 Å². The second-order valence-electron chi connectivity index (χ2n) is 6.92. The van der Waals surface area contributed by atoms with Gasteiger partial charge in [0.2, 0.25) is 5.91 Å². The number of hydrogen-bond donors (Lipinski definition) is 1. The summed E-state index contributed by atoms with van der Waals surface area (Å²) in [6, 6.07) is 6.74. The second kappa shape index (κ2) is 5.45. The average molecular weight is 286 g/mol. The van der Waals surface area contributed by atoms with Gasteiger partial charge in [-0.15, -0.1) is 0 Å². The molecule has 3 atom stereocenters. The highest BCUT2D eigenvalue weighted by atomic mass is 16.2. The van der Waals surface area contributed by atoms with Crippen LogP contribution in [0.1, 0.15) is 56.0 Å². The Balaban J connectivity index is 1.88. The molecule has 1 aliphatic heterocycles. The molecule has 2 aliphatic rings. The summed E-state index contributed by atoms with van der Waals surface area (Å²) in [4.78, 5) is 14.7. The molecule has 3 unspecified atom stereocenters. The lowest BCUT2D eigenvalue weighted by Crippen LogP contribution is -2.38. The van der Waals surface area contributed by atoms with Crippen molar-refractivity contribution >= 4 is 5.91 Å². The van der Waals surface area contributed by atoms with Crippen molar-refractivity contribution in [3.63, 3.8) is 0 Å². The van der Waals surface area contributed by atoms with Crippen molar-refractivity contribution in [3.05, 3.63) is 34.9 Å². The zero-order valence-corrected chi connectivity index (χ0v) is 13.5. The molecule has 1 heterocycles. The molecule has 2 fully saturated rings. The fraction of sp³-hybridized carbons (Fsp3) is 0.611. The van der Waals surface area contributed by atoms with E-state index in [-0.39, 0.29) is 18.1 Å². The highest BCUT2D eigenvalue weighted by molar-refractivity contribution is 5.84. The lowest BCUT2D eigenvalue weighted by molar-refractivity contribution is -0.132. The summed E-state index contributed by atoms with van der Waals surface area (Å²) in [5.74, 6) is 1.08. The standard InChI is InChI=1S/C18H26N2O/c1-11-5-8-16(12(2)9-11)17-19-14(4)18(21)20(17)13(3)10-15-6-7-15/h5,8-9,13-15,17,19H,6-7,10H2,1-4H3. The van der Waals surface area contributed by atoms with Gasteiger partial charge < -0.3 is 4.90 Å². The molecular weight excluding hydrogens is 260 g/mol. The normalized spacial score (nSPS) is 27.2. The van der Waals surface area contributed by atoms with E-state index in [4.69, 9.17) is 0 Å². The Bertz CT molecular complexity index is 550. The van der Waals surface area contributed by atoms with E-state index in [9.17, 15) is 4.79 Å². The molecule has 0 radical (unpaired) electrons. The van der Waals surface area contributed by atoms with Crippen molar-refractivity contribution in [2.45, 2.75) is 65.2 Å². The third-order valence-electron chi connectivity index (χ3n) is 4.88. The predicted octanol–water partition coefficient (Wildman–Crippen LogP) is 3.31. The number of rotatable bonds is 4. The number of carbonyl (C=O) groups is 1. The SMILES string of the molecule is Cc1ccc(C2NC(C)C(=O)N2C(C)CC2CC2)c(C)c1. The van der Waals surface area contributed by atoms with E-state index in [1.54, 1.807) is 0 Å². The van der Waals surface area contributed by atoms with Crippen LogP contribution < -0.4 is 5.32 Å². The highest BCUT2D eigenvalue weighted by Gasteiger charge is 2.41. The average Bonchev–Trinajstić information content (AvgIpc) is 3.16. The summed E-state index contributed by atoms with van der Waals surface area (Å²) in [5.41, 5.74) is 3.77. The molecule has 1 aromatic rings. The number of amides is 1. The van der Waals surface area contributed by atoms with Gasteiger partial charge in [-0.1, -0.05) is 36.6 Å². The van der Waals surface area contributed by atoms with Crippen molar-refractivity contribution < 1.29 is 4.79 Å². The van der Waals surface area contributed by atoms with Gasteiger partial charge in [0.05, 0.1) is 6.04 Å². The van der Waals surface area contributed by atoms with Crippen LogP contribution in [0.4, 0.5) is 0 Å². The van der Waals surface area contributed by atoms with E-state index < -0.39 is 0 Å². The highest BCUT2D eigenvalue weighted by Crippen LogP contribution is 2.38. The Hall–Kier alpha value is -1.35. The Morgan fingerprint density at radius 2 is 2.05 bits per heavy atom. The minimum Gasteiger partial charge on any atom is -0.319 e. The Kier molecular flexibility index (Phi) is 3.78. The topological polar surface area (TPSA) is 32.3 Å². The molecule has 0 aromatic heterocycles. The Morgan fingerprint density at radius 3 is 2.67 bits per heavy atom. The first-order valence-electron chi connectivity index (χ1n) is 8.12. The molecule has 1 aliphatic carbocycles. The van der Waals surface area contributed by atoms with E-state index in [2.05, 4.69) is 49.2 Å². The lowest BCUT2D eigenvalue weighted by atomic mass is 10.0. The number of aryl methyl sites for hydroxylation is 2. The smallest absolute Gasteiger partial charge is 0.241 e. The van der Waals surface area contributed by atoms with Crippen LogP contribution in [-0.4, -0.2) is 22.9 Å². The second-order valence-corrected chi connectivity index (χ2v) is 6.92. The van der Waals surface area contributed by atoms with Crippen molar-refractivity contribution in [1.29, 1.82) is 0 Å². The molecule has 114 valence electrons. The minimum atomic E-state index is -0.0858. The Labute approximate surface area is 127 Å².